The second-order valence-corrected chi connectivity index (χ2v) is 8.64. The Morgan fingerprint density at radius 3 is 2.73 bits per heavy atom. The number of H-pyrrole nitrogens is 1. The first-order valence-corrected chi connectivity index (χ1v) is 11.3. The minimum atomic E-state index is -0.155. The van der Waals surface area contributed by atoms with E-state index < -0.39 is 0 Å². The van der Waals surface area contributed by atoms with Crippen LogP contribution in [0.15, 0.2) is 67.0 Å². The number of pyridine rings is 1. The van der Waals surface area contributed by atoms with E-state index in [-0.39, 0.29) is 11.7 Å². The minimum absolute atomic E-state index is 0.0210. The zero-order chi connectivity index (χ0) is 22.6. The van der Waals surface area contributed by atoms with Crippen LogP contribution in [0.1, 0.15) is 24.8 Å². The molecule has 6 nitrogen and oxygen atoms in total. The van der Waals surface area contributed by atoms with Crippen molar-refractivity contribution in [1.82, 2.24) is 20.1 Å². The lowest BCUT2D eigenvalue weighted by Gasteiger charge is -2.31. The van der Waals surface area contributed by atoms with Crippen molar-refractivity contribution in [2.45, 2.75) is 25.8 Å². The maximum atomic E-state index is 13.9. The zero-order valence-corrected chi connectivity index (χ0v) is 18.3. The van der Waals surface area contributed by atoms with Crippen LogP contribution >= 0.6 is 0 Å². The lowest BCUT2D eigenvalue weighted by atomic mass is 9.93. The van der Waals surface area contributed by atoms with E-state index in [9.17, 15) is 9.18 Å². The molecule has 0 radical (unpaired) electrons. The smallest absolute Gasteiger partial charge is 0.225 e. The molecule has 2 aromatic carbocycles. The average Bonchev–Trinajstić information content (AvgIpc) is 3.24. The van der Waals surface area contributed by atoms with Gasteiger partial charge in [-0.05, 0) is 61.7 Å². The van der Waals surface area contributed by atoms with Gasteiger partial charge in [0.15, 0.2) is 5.82 Å². The first-order valence-electron chi connectivity index (χ1n) is 11.3. The van der Waals surface area contributed by atoms with Crippen LogP contribution in [0, 0.1) is 11.7 Å². The molecule has 0 spiro atoms. The predicted octanol–water partition coefficient (Wildman–Crippen LogP) is 5.00. The van der Waals surface area contributed by atoms with Crippen LogP contribution in [-0.2, 0) is 11.3 Å². The van der Waals surface area contributed by atoms with Crippen LogP contribution in [0.4, 0.5) is 10.2 Å². The number of aromatic nitrogens is 3. The molecule has 0 atom stereocenters. The van der Waals surface area contributed by atoms with E-state index in [2.05, 4.69) is 25.4 Å². The maximum absolute atomic E-state index is 13.9. The molecule has 1 aliphatic heterocycles. The van der Waals surface area contributed by atoms with E-state index in [1.165, 1.54) is 6.07 Å². The number of nitrogens with zero attached hydrogens (tertiary/aromatic N) is 3. The number of fused-ring (bicyclic) bond motifs is 1. The number of rotatable bonds is 6. The summed E-state index contributed by atoms with van der Waals surface area (Å²) in [6.07, 6.45) is 5.89. The summed E-state index contributed by atoms with van der Waals surface area (Å²) in [5, 5.41) is 11.2. The van der Waals surface area contributed by atoms with E-state index in [0.717, 1.165) is 53.5 Å². The minimum Gasteiger partial charge on any atom is -0.309 e. The average molecular weight is 444 g/mol. The van der Waals surface area contributed by atoms with E-state index in [4.69, 9.17) is 0 Å². The van der Waals surface area contributed by atoms with Gasteiger partial charge in [0.2, 0.25) is 5.91 Å². The largest absolute Gasteiger partial charge is 0.309 e. The van der Waals surface area contributed by atoms with Crippen molar-refractivity contribution in [3.8, 4) is 11.1 Å². The third-order valence-electron chi connectivity index (χ3n) is 6.35. The Bertz CT molecular complexity index is 1250. The van der Waals surface area contributed by atoms with Crippen LogP contribution in [-0.4, -0.2) is 39.1 Å². The van der Waals surface area contributed by atoms with Gasteiger partial charge in [-0.15, -0.1) is 0 Å². The summed E-state index contributed by atoms with van der Waals surface area (Å²) in [6, 6.07) is 16.8. The molecule has 168 valence electrons. The number of piperidine rings is 1. The lowest BCUT2D eigenvalue weighted by molar-refractivity contribution is -0.117. The highest BCUT2D eigenvalue weighted by atomic mass is 19.1. The van der Waals surface area contributed by atoms with Crippen LogP contribution in [0.3, 0.4) is 0 Å². The van der Waals surface area contributed by atoms with Gasteiger partial charge in [-0.1, -0.05) is 30.3 Å². The van der Waals surface area contributed by atoms with Gasteiger partial charge in [0.25, 0.3) is 0 Å². The number of anilines is 1. The monoisotopic (exact) mass is 443 g/mol. The van der Waals surface area contributed by atoms with Gasteiger partial charge in [0.1, 0.15) is 5.82 Å². The number of halogens is 1. The molecule has 1 aliphatic rings. The fraction of sp³-hybridized carbons (Fsp3) is 0.269. The number of hydrogen-bond donors (Lipinski definition) is 2. The Kier molecular flexibility index (Phi) is 6.13. The SMILES string of the molecule is O=C(CC1CCN(Cc2ccccc2F)CC1)Nc1n[nH]c2cc(-c3cccnc3)ccc12. The number of benzene rings is 2. The summed E-state index contributed by atoms with van der Waals surface area (Å²) in [5.74, 6) is 0.707. The first-order chi connectivity index (χ1) is 16.2. The Hall–Kier alpha value is -3.58. The van der Waals surface area contributed by atoms with E-state index in [1.807, 2.05) is 48.7 Å². The molecular formula is C26H26FN5O. The van der Waals surface area contributed by atoms with Crippen LogP contribution in [0.2, 0.25) is 0 Å². The molecule has 33 heavy (non-hydrogen) atoms. The molecule has 4 aromatic rings. The van der Waals surface area contributed by atoms with E-state index in [1.54, 1.807) is 12.3 Å². The first kappa shape index (κ1) is 21.3. The van der Waals surface area contributed by atoms with Crippen molar-refractivity contribution in [3.05, 3.63) is 78.4 Å². The quantitative estimate of drug-likeness (QED) is 0.440. The molecule has 2 aromatic heterocycles. The number of aromatic amines is 1. The second-order valence-electron chi connectivity index (χ2n) is 8.64. The molecule has 1 amide bonds. The molecule has 1 fully saturated rings. The standard InChI is InChI=1S/C26H26FN5O/c27-23-6-2-1-4-21(23)17-32-12-9-18(10-13-32)14-25(33)29-26-22-8-7-19(15-24(22)30-31-26)20-5-3-11-28-16-20/h1-8,11,15-16,18H,9-10,12-14,17H2,(H2,29,30,31,33). The molecule has 0 aliphatic carbocycles. The van der Waals surface area contributed by atoms with Gasteiger partial charge < -0.3 is 5.32 Å². The topological polar surface area (TPSA) is 73.9 Å². The summed E-state index contributed by atoms with van der Waals surface area (Å²) in [6.45, 7) is 2.36. The second kappa shape index (κ2) is 9.50. The number of carbonyl (C=O) groups excluding carboxylic acids is 1. The molecule has 1 saturated heterocycles. The summed E-state index contributed by atoms with van der Waals surface area (Å²) < 4.78 is 13.9. The van der Waals surface area contributed by atoms with Crippen molar-refractivity contribution in [3.63, 3.8) is 0 Å². The highest BCUT2D eigenvalue weighted by Crippen LogP contribution is 2.28. The molecule has 0 bridgehead atoms. The van der Waals surface area contributed by atoms with Crippen LogP contribution in [0.5, 0.6) is 0 Å². The Morgan fingerprint density at radius 2 is 1.94 bits per heavy atom. The Balaban J connectivity index is 1.16. The van der Waals surface area contributed by atoms with Gasteiger partial charge in [-0.25, -0.2) is 4.39 Å². The summed E-state index contributed by atoms with van der Waals surface area (Å²) in [5.41, 5.74) is 3.67. The third-order valence-corrected chi connectivity index (χ3v) is 6.35. The molecule has 5 rings (SSSR count). The zero-order valence-electron chi connectivity index (χ0n) is 18.3. The normalized spacial score (nSPS) is 15.1. The van der Waals surface area contributed by atoms with Crippen molar-refractivity contribution in [2.24, 2.45) is 5.92 Å². The molecule has 0 saturated carbocycles. The lowest BCUT2D eigenvalue weighted by Crippen LogP contribution is -2.34. The van der Waals surface area contributed by atoms with Gasteiger partial charge in [-0.2, -0.15) is 5.10 Å². The summed E-state index contributed by atoms with van der Waals surface area (Å²) >= 11 is 0. The number of hydrogen-bond acceptors (Lipinski definition) is 4. The van der Waals surface area contributed by atoms with Gasteiger partial charge >= 0.3 is 0 Å². The maximum Gasteiger partial charge on any atom is 0.225 e. The number of carbonyl (C=O) groups is 1. The van der Waals surface area contributed by atoms with Crippen molar-refractivity contribution >= 4 is 22.6 Å². The third kappa shape index (κ3) is 4.93. The molecule has 7 heteroatoms. The molecular weight excluding hydrogens is 417 g/mol. The molecule has 2 N–H and O–H groups in total. The van der Waals surface area contributed by atoms with E-state index >= 15 is 0 Å². The van der Waals surface area contributed by atoms with Gasteiger partial charge in [-0.3, -0.25) is 19.8 Å². The predicted molar refractivity (Wildman–Crippen MR) is 127 cm³/mol. The number of nitrogens with one attached hydrogen (secondary N) is 2. The van der Waals surface area contributed by atoms with E-state index in [0.29, 0.717) is 24.7 Å². The summed E-state index contributed by atoms with van der Waals surface area (Å²) in [7, 11) is 0. The highest BCUT2D eigenvalue weighted by molar-refractivity contribution is 6.00. The summed E-state index contributed by atoms with van der Waals surface area (Å²) in [4.78, 5) is 19.1. The van der Waals surface area contributed by atoms with Crippen molar-refractivity contribution in [1.29, 1.82) is 0 Å². The number of likely N-dealkylation sites (tertiary alicyclic amines) is 1. The fourth-order valence-corrected chi connectivity index (χ4v) is 4.49. The Labute approximate surface area is 191 Å². The van der Waals surface area contributed by atoms with Gasteiger partial charge in [0.05, 0.1) is 5.52 Å². The fourth-order valence-electron chi connectivity index (χ4n) is 4.49. The van der Waals surface area contributed by atoms with Gasteiger partial charge in [0, 0.05) is 41.9 Å². The molecule has 3 heterocycles. The molecule has 0 unspecified atom stereocenters. The van der Waals surface area contributed by atoms with Crippen LogP contribution < -0.4 is 5.32 Å². The van der Waals surface area contributed by atoms with Crippen molar-refractivity contribution in [2.75, 3.05) is 18.4 Å². The van der Waals surface area contributed by atoms with Crippen molar-refractivity contribution < 1.29 is 9.18 Å². The Morgan fingerprint density at radius 1 is 1.09 bits per heavy atom. The van der Waals surface area contributed by atoms with Crippen LogP contribution in [0.25, 0.3) is 22.0 Å². The number of amides is 1. The highest BCUT2D eigenvalue weighted by Gasteiger charge is 2.23.